The molecule has 0 bridgehead atoms. The van der Waals surface area contributed by atoms with Gasteiger partial charge in [0.05, 0.1) is 17.8 Å². The molecule has 1 aromatic rings. The molecule has 1 spiro atoms. The maximum absolute atomic E-state index is 12.3. The average Bonchev–Trinajstić information content (AvgIpc) is 2.90. The molecule has 6 nitrogen and oxygen atoms in total. The standard InChI is InChI=1S/C17H28N4O2S/c1-14-15(24-13-18-14)11-20-8-7-19(2)17(12-20)4-3-16(23)21(6-5-17)9-10-22/h13,22H,3-12H2,1-2H3. The van der Waals surface area contributed by atoms with E-state index in [9.17, 15) is 9.90 Å². The second-order valence-corrected chi connectivity index (χ2v) is 8.01. The molecule has 0 saturated carbocycles. The van der Waals surface area contributed by atoms with Gasteiger partial charge in [-0.05, 0) is 26.8 Å². The quantitative estimate of drug-likeness (QED) is 0.874. The number of thiazole rings is 1. The minimum absolute atomic E-state index is 0.0470. The number of amides is 1. The summed E-state index contributed by atoms with van der Waals surface area (Å²) in [6.45, 7) is 7.39. The number of carbonyl (C=O) groups is 1. The van der Waals surface area contributed by atoms with E-state index in [-0.39, 0.29) is 18.1 Å². The molecular formula is C17H28N4O2S. The molecule has 2 fully saturated rings. The number of aliphatic hydroxyl groups excluding tert-OH is 1. The summed E-state index contributed by atoms with van der Waals surface area (Å²) >= 11 is 1.73. The summed E-state index contributed by atoms with van der Waals surface area (Å²) in [6, 6.07) is 0. The number of hydrogen-bond donors (Lipinski definition) is 1. The summed E-state index contributed by atoms with van der Waals surface area (Å²) in [5.41, 5.74) is 3.13. The van der Waals surface area contributed by atoms with Gasteiger partial charge < -0.3 is 10.0 Å². The fraction of sp³-hybridized carbons (Fsp3) is 0.765. The van der Waals surface area contributed by atoms with Crippen molar-refractivity contribution in [2.45, 2.75) is 38.3 Å². The zero-order valence-corrected chi connectivity index (χ0v) is 15.5. The van der Waals surface area contributed by atoms with Gasteiger partial charge >= 0.3 is 0 Å². The van der Waals surface area contributed by atoms with Gasteiger partial charge in [0.2, 0.25) is 5.91 Å². The van der Waals surface area contributed by atoms with Crippen LogP contribution in [0.15, 0.2) is 5.51 Å². The van der Waals surface area contributed by atoms with Crippen LogP contribution in [0.3, 0.4) is 0 Å². The number of aliphatic hydroxyl groups is 1. The van der Waals surface area contributed by atoms with Crippen LogP contribution in [0.2, 0.25) is 0 Å². The van der Waals surface area contributed by atoms with Crippen LogP contribution in [0.5, 0.6) is 0 Å². The van der Waals surface area contributed by atoms with Crippen molar-refractivity contribution in [1.29, 1.82) is 0 Å². The van der Waals surface area contributed by atoms with Crippen LogP contribution in [0, 0.1) is 6.92 Å². The van der Waals surface area contributed by atoms with Crippen molar-refractivity contribution in [1.82, 2.24) is 19.7 Å². The lowest BCUT2D eigenvalue weighted by atomic mass is 9.86. The van der Waals surface area contributed by atoms with Gasteiger partial charge in [0, 0.05) is 56.1 Å². The topological polar surface area (TPSA) is 59.9 Å². The van der Waals surface area contributed by atoms with Gasteiger partial charge in [-0.15, -0.1) is 11.3 Å². The first-order valence-electron chi connectivity index (χ1n) is 8.75. The first-order valence-corrected chi connectivity index (χ1v) is 9.63. The third-order valence-corrected chi connectivity index (χ3v) is 6.59. The number of aromatic nitrogens is 1. The van der Waals surface area contributed by atoms with Crippen molar-refractivity contribution in [3.63, 3.8) is 0 Å². The Labute approximate surface area is 148 Å². The van der Waals surface area contributed by atoms with Gasteiger partial charge in [-0.3, -0.25) is 14.6 Å². The number of nitrogens with zero attached hydrogens (tertiary/aromatic N) is 4. The Kier molecular flexibility index (Phi) is 5.54. The molecule has 1 atom stereocenters. The Morgan fingerprint density at radius 3 is 2.88 bits per heavy atom. The van der Waals surface area contributed by atoms with Gasteiger partial charge in [0.15, 0.2) is 0 Å². The van der Waals surface area contributed by atoms with Crippen LogP contribution in [-0.4, -0.2) is 82.6 Å². The SMILES string of the molecule is Cc1ncsc1CN1CCN(C)C2(CCC(=O)N(CCO)CC2)C1. The molecule has 2 aliphatic rings. The molecule has 24 heavy (non-hydrogen) atoms. The lowest BCUT2D eigenvalue weighted by Gasteiger charge is -2.49. The molecule has 1 amide bonds. The highest BCUT2D eigenvalue weighted by atomic mass is 32.1. The highest BCUT2D eigenvalue weighted by Gasteiger charge is 2.42. The van der Waals surface area contributed by atoms with Crippen LogP contribution in [-0.2, 0) is 11.3 Å². The van der Waals surface area contributed by atoms with E-state index in [4.69, 9.17) is 0 Å². The van der Waals surface area contributed by atoms with Gasteiger partial charge in [-0.25, -0.2) is 4.98 Å². The van der Waals surface area contributed by atoms with Crippen LogP contribution < -0.4 is 0 Å². The summed E-state index contributed by atoms with van der Waals surface area (Å²) in [6.07, 6.45) is 2.47. The zero-order chi connectivity index (χ0) is 17.2. The van der Waals surface area contributed by atoms with Crippen molar-refractivity contribution in [3.05, 3.63) is 16.1 Å². The largest absolute Gasteiger partial charge is 0.395 e. The third-order valence-electron chi connectivity index (χ3n) is 5.67. The lowest BCUT2D eigenvalue weighted by Crippen LogP contribution is -2.60. The number of likely N-dealkylation sites (N-methyl/N-ethyl adjacent to an activating group) is 1. The minimum Gasteiger partial charge on any atom is -0.395 e. The van der Waals surface area contributed by atoms with E-state index in [0.717, 1.165) is 51.3 Å². The van der Waals surface area contributed by atoms with E-state index in [1.54, 1.807) is 11.3 Å². The number of piperazine rings is 1. The molecule has 1 N–H and O–H groups in total. The molecular weight excluding hydrogens is 324 g/mol. The predicted molar refractivity (Wildman–Crippen MR) is 95.0 cm³/mol. The zero-order valence-electron chi connectivity index (χ0n) is 14.7. The van der Waals surface area contributed by atoms with Crippen molar-refractivity contribution < 1.29 is 9.90 Å². The van der Waals surface area contributed by atoms with E-state index in [0.29, 0.717) is 13.0 Å². The number of likely N-dealkylation sites (tertiary alicyclic amines) is 1. The molecule has 0 radical (unpaired) electrons. The van der Waals surface area contributed by atoms with E-state index in [1.165, 1.54) is 4.88 Å². The van der Waals surface area contributed by atoms with Crippen LogP contribution in [0.25, 0.3) is 0 Å². The number of aryl methyl sites for hydroxylation is 1. The van der Waals surface area contributed by atoms with Gasteiger partial charge in [0.25, 0.3) is 0 Å². The van der Waals surface area contributed by atoms with Gasteiger partial charge in [-0.1, -0.05) is 0 Å². The maximum atomic E-state index is 12.3. The highest BCUT2D eigenvalue weighted by Crippen LogP contribution is 2.33. The molecule has 3 rings (SSSR count). The molecule has 1 unspecified atom stereocenters. The van der Waals surface area contributed by atoms with E-state index >= 15 is 0 Å². The van der Waals surface area contributed by atoms with E-state index in [2.05, 4.69) is 28.8 Å². The second kappa shape index (κ2) is 7.47. The molecule has 2 aliphatic heterocycles. The Bertz CT molecular complexity index is 579. The first-order chi connectivity index (χ1) is 11.5. The number of rotatable bonds is 4. The fourth-order valence-electron chi connectivity index (χ4n) is 3.95. The molecule has 134 valence electrons. The van der Waals surface area contributed by atoms with Crippen molar-refractivity contribution >= 4 is 17.2 Å². The van der Waals surface area contributed by atoms with Gasteiger partial charge in [0.1, 0.15) is 0 Å². The molecule has 0 aliphatic carbocycles. The average molecular weight is 353 g/mol. The Hall–Kier alpha value is -1.02. The van der Waals surface area contributed by atoms with E-state index in [1.807, 2.05) is 10.4 Å². The maximum Gasteiger partial charge on any atom is 0.222 e. The number of hydrogen-bond acceptors (Lipinski definition) is 6. The second-order valence-electron chi connectivity index (χ2n) is 7.07. The molecule has 7 heteroatoms. The predicted octanol–water partition coefficient (Wildman–Crippen LogP) is 0.943. The van der Waals surface area contributed by atoms with Crippen LogP contribution >= 0.6 is 11.3 Å². The first kappa shape index (κ1) is 17.8. The number of carbonyl (C=O) groups excluding carboxylic acids is 1. The minimum atomic E-state index is 0.0470. The fourth-order valence-corrected chi connectivity index (χ4v) is 4.77. The summed E-state index contributed by atoms with van der Waals surface area (Å²) in [4.78, 5) is 24.8. The van der Waals surface area contributed by atoms with E-state index < -0.39 is 0 Å². The highest BCUT2D eigenvalue weighted by molar-refractivity contribution is 7.09. The smallest absolute Gasteiger partial charge is 0.222 e. The monoisotopic (exact) mass is 352 g/mol. The normalized spacial score (nSPS) is 27.0. The lowest BCUT2D eigenvalue weighted by molar-refractivity contribution is -0.131. The summed E-state index contributed by atoms with van der Waals surface area (Å²) < 4.78 is 0. The summed E-state index contributed by atoms with van der Waals surface area (Å²) in [5.74, 6) is 0.185. The molecule has 0 aromatic carbocycles. The molecule has 1 aromatic heterocycles. The Morgan fingerprint density at radius 2 is 2.17 bits per heavy atom. The Balaban J connectivity index is 1.70. The van der Waals surface area contributed by atoms with Crippen molar-refractivity contribution in [2.75, 3.05) is 46.4 Å². The summed E-state index contributed by atoms with van der Waals surface area (Å²) in [7, 11) is 2.20. The molecule has 2 saturated heterocycles. The van der Waals surface area contributed by atoms with Gasteiger partial charge in [-0.2, -0.15) is 0 Å². The summed E-state index contributed by atoms with van der Waals surface area (Å²) in [5, 5.41) is 9.18. The van der Waals surface area contributed by atoms with Crippen LogP contribution in [0.4, 0.5) is 0 Å². The van der Waals surface area contributed by atoms with Crippen molar-refractivity contribution in [2.24, 2.45) is 0 Å². The third kappa shape index (κ3) is 3.64. The number of β-amino-alcohol motifs (C(OH)–C–C–N with tert-alkyl or cyclic N) is 1. The Morgan fingerprint density at radius 1 is 1.33 bits per heavy atom. The van der Waals surface area contributed by atoms with Crippen molar-refractivity contribution in [3.8, 4) is 0 Å². The van der Waals surface area contributed by atoms with Crippen LogP contribution in [0.1, 0.15) is 29.8 Å². The molecule has 3 heterocycles.